The fraction of sp³-hybridized carbons (Fsp3) is 0.421. The summed E-state index contributed by atoms with van der Waals surface area (Å²) in [5, 5.41) is 8.68. The number of aromatic nitrogens is 4. The summed E-state index contributed by atoms with van der Waals surface area (Å²) in [6.45, 7) is 7.19. The third-order valence-electron chi connectivity index (χ3n) is 5.02. The smallest absolute Gasteiger partial charge is 0.229 e. The van der Waals surface area contributed by atoms with Crippen LogP contribution in [-0.4, -0.2) is 64.5 Å². The third kappa shape index (κ3) is 3.52. The van der Waals surface area contributed by atoms with E-state index < -0.39 is 0 Å². The molecular weight excluding hydrogens is 342 g/mol. The van der Waals surface area contributed by atoms with Gasteiger partial charge in [0.2, 0.25) is 5.95 Å². The number of piperazine rings is 1. The highest BCUT2D eigenvalue weighted by Crippen LogP contribution is 2.27. The molecule has 1 aromatic carbocycles. The summed E-state index contributed by atoms with van der Waals surface area (Å²) in [6, 6.07) is 7.81. The Labute approximate surface area is 158 Å². The molecular formula is C19H25N7O. The van der Waals surface area contributed by atoms with Crippen molar-refractivity contribution in [2.45, 2.75) is 6.92 Å². The molecule has 3 heterocycles. The number of likely N-dealkylation sites (N-methyl/N-ethyl adjacent to an activating group) is 1. The van der Waals surface area contributed by atoms with Crippen LogP contribution >= 0.6 is 0 Å². The van der Waals surface area contributed by atoms with Crippen LogP contribution in [0.15, 0.2) is 30.5 Å². The highest BCUT2D eigenvalue weighted by Gasteiger charge is 2.20. The predicted octanol–water partition coefficient (Wildman–Crippen LogP) is 2.26. The largest absolute Gasteiger partial charge is 0.497 e. The van der Waals surface area contributed by atoms with Crippen molar-refractivity contribution in [1.82, 2.24) is 24.6 Å². The minimum atomic E-state index is 0.743. The number of benzene rings is 1. The molecule has 0 spiro atoms. The zero-order chi connectivity index (χ0) is 18.8. The predicted molar refractivity (Wildman–Crippen MR) is 107 cm³/mol. The first-order chi connectivity index (χ1) is 13.2. The van der Waals surface area contributed by atoms with Gasteiger partial charge in [-0.3, -0.25) is 4.68 Å². The van der Waals surface area contributed by atoms with Crippen molar-refractivity contribution >= 4 is 28.5 Å². The Hall–Kier alpha value is -2.87. The van der Waals surface area contributed by atoms with Gasteiger partial charge in [-0.15, -0.1) is 0 Å². The van der Waals surface area contributed by atoms with Crippen LogP contribution in [0, 0.1) is 0 Å². The maximum atomic E-state index is 5.32. The molecule has 8 nitrogen and oxygen atoms in total. The maximum absolute atomic E-state index is 5.32. The molecule has 1 aliphatic rings. The number of hydrogen-bond acceptors (Lipinski definition) is 7. The van der Waals surface area contributed by atoms with Gasteiger partial charge >= 0.3 is 0 Å². The number of nitrogens with zero attached hydrogens (tertiary/aromatic N) is 6. The van der Waals surface area contributed by atoms with E-state index in [2.05, 4.69) is 27.1 Å². The number of fused-ring (bicyclic) bond motifs is 1. The monoisotopic (exact) mass is 367 g/mol. The number of aryl methyl sites for hydroxylation is 1. The van der Waals surface area contributed by atoms with Gasteiger partial charge in [0.1, 0.15) is 11.6 Å². The summed E-state index contributed by atoms with van der Waals surface area (Å²) in [5.41, 5.74) is 1.74. The molecule has 2 aromatic heterocycles. The molecule has 27 heavy (non-hydrogen) atoms. The lowest BCUT2D eigenvalue weighted by Crippen LogP contribution is -2.46. The first kappa shape index (κ1) is 17.5. The third-order valence-corrected chi connectivity index (χ3v) is 5.02. The average Bonchev–Trinajstić information content (AvgIpc) is 3.09. The summed E-state index contributed by atoms with van der Waals surface area (Å²) in [5.74, 6) is 2.30. The molecule has 1 aliphatic heterocycles. The lowest BCUT2D eigenvalue weighted by molar-refractivity contribution is 0.270. The number of anilines is 3. The molecule has 1 N–H and O–H groups in total. The van der Waals surface area contributed by atoms with Crippen LogP contribution in [0.25, 0.3) is 11.0 Å². The molecule has 142 valence electrons. The molecule has 0 bridgehead atoms. The highest BCUT2D eigenvalue weighted by atomic mass is 16.5. The summed E-state index contributed by atoms with van der Waals surface area (Å²) in [4.78, 5) is 14.3. The second-order valence-electron chi connectivity index (χ2n) is 6.66. The van der Waals surface area contributed by atoms with Crippen molar-refractivity contribution in [3.63, 3.8) is 0 Å². The van der Waals surface area contributed by atoms with E-state index in [1.807, 2.05) is 31.3 Å². The van der Waals surface area contributed by atoms with Crippen molar-refractivity contribution in [1.29, 1.82) is 0 Å². The van der Waals surface area contributed by atoms with Gasteiger partial charge in [-0.1, -0.05) is 13.0 Å². The van der Waals surface area contributed by atoms with Gasteiger partial charge in [0.15, 0.2) is 5.65 Å². The Bertz CT molecular complexity index is 931. The van der Waals surface area contributed by atoms with Crippen molar-refractivity contribution in [3.05, 3.63) is 30.5 Å². The first-order valence-corrected chi connectivity index (χ1v) is 9.26. The Morgan fingerprint density at radius 2 is 1.96 bits per heavy atom. The van der Waals surface area contributed by atoms with E-state index in [0.717, 1.165) is 67.0 Å². The normalized spacial score (nSPS) is 15.3. The van der Waals surface area contributed by atoms with E-state index in [9.17, 15) is 0 Å². The van der Waals surface area contributed by atoms with E-state index in [1.165, 1.54) is 0 Å². The molecule has 4 rings (SSSR count). The van der Waals surface area contributed by atoms with Crippen molar-refractivity contribution < 1.29 is 4.74 Å². The van der Waals surface area contributed by atoms with Crippen LogP contribution in [0.2, 0.25) is 0 Å². The minimum Gasteiger partial charge on any atom is -0.497 e. The Balaban J connectivity index is 1.69. The number of hydrogen-bond donors (Lipinski definition) is 1. The second kappa shape index (κ2) is 7.40. The lowest BCUT2D eigenvalue weighted by atomic mass is 10.3. The fourth-order valence-electron chi connectivity index (χ4n) is 3.35. The van der Waals surface area contributed by atoms with E-state index in [0.29, 0.717) is 0 Å². The van der Waals surface area contributed by atoms with Crippen LogP contribution in [0.3, 0.4) is 0 Å². The van der Waals surface area contributed by atoms with Crippen LogP contribution in [-0.2, 0) is 7.05 Å². The number of nitrogens with one attached hydrogen (secondary N) is 1. The van der Waals surface area contributed by atoms with Crippen LogP contribution in [0.1, 0.15) is 6.92 Å². The number of ether oxygens (including phenoxy) is 1. The molecule has 0 radical (unpaired) electrons. The molecule has 0 atom stereocenters. The molecule has 1 fully saturated rings. The summed E-state index contributed by atoms with van der Waals surface area (Å²) in [7, 11) is 3.57. The fourth-order valence-corrected chi connectivity index (χ4v) is 3.35. The minimum absolute atomic E-state index is 0.743. The molecule has 0 saturated carbocycles. The maximum Gasteiger partial charge on any atom is 0.229 e. The van der Waals surface area contributed by atoms with Gasteiger partial charge in [0.05, 0.1) is 18.7 Å². The lowest BCUT2D eigenvalue weighted by Gasteiger charge is -2.34. The number of rotatable bonds is 5. The van der Waals surface area contributed by atoms with E-state index >= 15 is 0 Å². The zero-order valence-corrected chi connectivity index (χ0v) is 16.0. The first-order valence-electron chi connectivity index (χ1n) is 9.26. The summed E-state index contributed by atoms with van der Waals surface area (Å²) in [6.07, 6.45) is 1.80. The van der Waals surface area contributed by atoms with E-state index in [4.69, 9.17) is 14.7 Å². The van der Waals surface area contributed by atoms with Crippen LogP contribution in [0.4, 0.5) is 17.5 Å². The number of methoxy groups -OCH3 is 1. The molecule has 0 amide bonds. The van der Waals surface area contributed by atoms with Crippen molar-refractivity contribution in [2.75, 3.05) is 50.1 Å². The van der Waals surface area contributed by atoms with Crippen LogP contribution < -0.4 is 15.0 Å². The quantitative estimate of drug-likeness (QED) is 0.742. The average molecular weight is 367 g/mol. The molecule has 3 aromatic rings. The van der Waals surface area contributed by atoms with Gasteiger partial charge in [0.25, 0.3) is 0 Å². The van der Waals surface area contributed by atoms with Gasteiger partial charge in [-0.2, -0.15) is 15.1 Å². The summed E-state index contributed by atoms with van der Waals surface area (Å²) >= 11 is 0. The van der Waals surface area contributed by atoms with Gasteiger partial charge < -0.3 is 19.9 Å². The molecule has 1 saturated heterocycles. The SMILES string of the molecule is CCN1CCN(c2nc(Nc3cccc(OC)c3)c3cnn(C)c3n2)CC1. The Morgan fingerprint density at radius 1 is 1.15 bits per heavy atom. The summed E-state index contributed by atoms with van der Waals surface area (Å²) < 4.78 is 7.11. The molecule has 0 aliphatic carbocycles. The van der Waals surface area contributed by atoms with Crippen LogP contribution in [0.5, 0.6) is 5.75 Å². The Kier molecular flexibility index (Phi) is 4.81. The molecule has 8 heteroatoms. The standard InChI is InChI=1S/C19H25N7O/c1-4-25-8-10-26(11-9-25)19-22-17(16-13-20-24(2)18(16)23-19)21-14-6-5-7-15(12-14)27-3/h5-7,12-13H,4,8-11H2,1-3H3,(H,21,22,23). The van der Waals surface area contributed by atoms with Crippen molar-refractivity contribution in [3.8, 4) is 5.75 Å². The zero-order valence-electron chi connectivity index (χ0n) is 16.0. The van der Waals surface area contributed by atoms with Gasteiger partial charge in [-0.25, -0.2) is 0 Å². The van der Waals surface area contributed by atoms with E-state index in [1.54, 1.807) is 18.0 Å². The highest BCUT2D eigenvalue weighted by molar-refractivity contribution is 5.89. The topological polar surface area (TPSA) is 71.3 Å². The van der Waals surface area contributed by atoms with E-state index in [-0.39, 0.29) is 0 Å². The molecule has 0 unspecified atom stereocenters. The Morgan fingerprint density at radius 3 is 2.70 bits per heavy atom. The second-order valence-corrected chi connectivity index (χ2v) is 6.66. The van der Waals surface area contributed by atoms with Gasteiger partial charge in [0, 0.05) is 45.0 Å². The van der Waals surface area contributed by atoms with Crippen molar-refractivity contribution in [2.24, 2.45) is 7.05 Å². The van der Waals surface area contributed by atoms with Gasteiger partial charge in [-0.05, 0) is 18.7 Å².